The Morgan fingerprint density at radius 3 is 2.54 bits per heavy atom. The van der Waals surface area contributed by atoms with Crippen molar-refractivity contribution in [3.05, 3.63) is 49.9 Å². The first kappa shape index (κ1) is 24.9. The highest BCUT2D eigenvalue weighted by molar-refractivity contribution is 9.10. The van der Waals surface area contributed by atoms with Crippen molar-refractivity contribution in [3.63, 3.8) is 0 Å². The van der Waals surface area contributed by atoms with Crippen molar-refractivity contribution in [3.8, 4) is 5.75 Å². The number of halogens is 1. The second kappa shape index (κ2) is 8.47. The number of likely N-dealkylation sites (N-methyl/N-ethyl adjacent to an activating group) is 1. The number of hydrogen-bond acceptors (Lipinski definition) is 10. The fraction of sp³-hybridized carbons (Fsp3) is 0.391. The molecule has 0 unspecified atom stereocenters. The van der Waals surface area contributed by atoms with Crippen LogP contribution in [0, 0.1) is 11.8 Å². The summed E-state index contributed by atoms with van der Waals surface area (Å²) in [5.41, 5.74) is 2.11. The number of oxime groups is 1. The van der Waals surface area contributed by atoms with Crippen LogP contribution in [-0.4, -0.2) is 81.9 Å². The van der Waals surface area contributed by atoms with Crippen LogP contribution < -0.4 is 5.73 Å². The van der Waals surface area contributed by atoms with E-state index in [-0.39, 0.29) is 29.5 Å². The molecule has 0 radical (unpaired) electrons. The number of aromatic hydroxyl groups is 1. The molecule has 0 saturated carbocycles. The molecule has 0 bridgehead atoms. The van der Waals surface area contributed by atoms with Crippen LogP contribution in [-0.2, 0) is 20.8 Å². The lowest BCUT2D eigenvalue weighted by Gasteiger charge is -2.50. The van der Waals surface area contributed by atoms with E-state index in [1.54, 1.807) is 20.2 Å². The van der Waals surface area contributed by atoms with E-state index in [1.807, 2.05) is 0 Å². The van der Waals surface area contributed by atoms with Gasteiger partial charge in [0.05, 0.1) is 17.8 Å². The maximum atomic E-state index is 13.6. The monoisotopic (exact) mass is 549 g/mol. The number of benzene rings is 1. The summed E-state index contributed by atoms with van der Waals surface area (Å²) in [6.07, 6.45) is 1.41. The Kier molecular flexibility index (Phi) is 6.02. The first-order chi connectivity index (χ1) is 16.4. The second-order valence-electron chi connectivity index (χ2n) is 9.03. The quantitative estimate of drug-likeness (QED) is 0.206. The Labute approximate surface area is 208 Å². The molecule has 1 aromatic rings. The van der Waals surface area contributed by atoms with Crippen LogP contribution in [0.25, 0.3) is 0 Å². The van der Waals surface area contributed by atoms with Crippen molar-refractivity contribution < 1.29 is 39.6 Å². The van der Waals surface area contributed by atoms with E-state index in [9.17, 15) is 34.8 Å². The Morgan fingerprint density at radius 2 is 1.97 bits per heavy atom. The molecule has 3 aliphatic carbocycles. The minimum absolute atomic E-state index is 0.0197. The van der Waals surface area contributed by atoms with E-state index in [0.717, 1.165) is 0 Å². The number of hydrogen-bond donors (Lipinski definition) is 5. The van der Waals surface area contributed by atoms with Crippen LogP contribution in [0.3, 0.4) is 0 Å². The molecule has 186 valence electrons. The summed E-state index contributed by atoms with van der Waals surface area (Å²) < 4.78 is 0.512. The van der Waals surface area contributed by atoms with E-state index in [0.29, 0.717) is 10.0 Å². The molecule has 0 aliphatic heterocycles. The molecule has 0 aromatic heterocycles. The SMILES string of the molecule is CO/N=C/c1cc(Br)c2c(c1O)C(=O)C1=C(O)[C@]3(O)C(=O)C(C(N)=O)=C(O)[C@@H](N(C)C)[C@@H]3C[C@@H]1C2. The number of allylic oxidation sites excluding steroid dienone is 1. The molecule has 1 aromatic carbocycles. The van der Waals surface area contributed by atoms with E-state index in [2.05, 4.69) is 25.9 Å². The Balaban J connectivity index is 1.96. The second-order valence-corrected chi connectivity index (χ2v) is 9.88. The molecule has 11 nitrogen and oxygen atoms in total. The molecule has 0 fully saturated rings. The Hall–Kier alpha value is -3.22. The van der Waals surface area contributed by atoms with Gasteiger partial charge in [-0.2, -0.15) is 0 Å². The van der Waals surface area contributed by atoms with E-state index >= 15 is 0 Å². The van der Waals surface area contributed by atoms with Gasteiger partial charge < -0.3 is 31.0 Å². The standard InChI is InChI=1S/C23H24BrN3O8/c1-27(2)16-11-5-8-4-10-12(24)6-9(7-26-35-3)17(28)14(10)18(29)13(8)20(31)23(11,34)21(32)15(19(16)30)22(25)33/h6-8,11,16,28,30-31,34H,4-5H2,1-3H3,(H2,25,33)/b26-7+/t8-,11-,16-,23-/m0/s1. The van der Waals surface area contributed by atoms with Gasteiger partial charge in [0.25, 0.3) is 5.91 Å². The molecular formula is C23H24BrN3O8. The number of fused-ring (bicyclic) bond motifs is 3. The van der Waals surface area contributed by atoms with Crippen LogP contribution in [0.5, 0.6) is 5.75 Å². The summed E-state index contributed by atoms with van der Waals surface area (Å²) in [5.74, 6) is -6.97. The van der Waals surface area contributed by atoms with Crippen LogP contribution in [0.1, 0.15) is 27.9 Å². The number of nitrogens with zero attached hydrogens (tertiary/aromatic N) is 2. The third-order valence-electron chi connectivity index (χ3n) is 6.99. The highest BCUT2D eigenvalue weighted by atomic mass is 79.9. The number of amides is 1. The normalized spacial score (nSPS) is 28.3. The number of Topliss-reactive ketones (excluding diaryl/α,β-unsaturated/α-hetero) is 2. The van der Waals surface area contributed by atoms with Gasteiger partial charge in [-0.15, -0.1) is 0 Å². The lowest BCUT2D eigenvalue weighted by molar-refractivity contribution is -0.148. The Bertz CT molecular complexity index is 1270. The number of ketones is 2. The highest BCUT2D eigenvalue weighted by Crippen LogP contribution is 2.53. The van der Waals surface area contributed by atoms with E-state index in [4.69, 9.17) is 5.73 Å². The van der Waals surface area contributed by atoms with Crippen LogP contribution in [0.15, 0.2) is 38.4 Å². The van der Waals surface area contributed by atoms with Crippen molar-refractivity contribution in [2.75, 3.05) is 21.2 Å². The summed E-state index contributed by atoms with van der Waals surface area (Å²) >= 11 is 3.42. The van der Waals surface area contributed by atoms with Crippen molar-refractivity contribution in [1.82, 2.24) is 4.90 Å². The molecule has 0 spiro atoms. The fourth-order valence-corrected chi connectivity index (χ4v) is 6.11. The molecular weight excluding hydrogens is 526 g/mol. The molecule has 35 heavy (non-hydrogen) atoms. The molecule has 0 saturated heterocycles. The third-order valence-corrected chi connectivity index (χ3v) is 7.70. The first-order valence-corrected chi connectivity index (χ1v) is 11.4. The zero-order chi connectivity index (χ0) is 26.0. The fourth-order valence-electron chi connectivity index (χ4n) is 5.50. The summed E-state index contributed by atoms with van der Waals surface area (Å²) in [6, 6.07) is 0.530. The maximum Gasteiger partial charge on any atom is 0.255 e. The van der Waals surface area contributed by atoms with Gasteiger partial charge in [0.15, 0.2) is 11.4 Å². The number of aliphatic hydroxyl groups is 3. The van der Waals surface area contributed by atoms with Gasteiger partial charge in [-0.1, -0.05) is 21.1 Å². The molecule has 1 amide bonds. The number of carbonyl (C=O) groups is 3. The largest absolute Gasteiger partial charge is 0.510 e. The van der Waals surface area contributed by atoms with Gasteiger partial charge in [0.2, 0.25) is 5.78 Å². The minimum atomic E-state index is -2.67. The number of primary amides is 1. The van der Waals surface area contributed by atoms with E-state index in [1.165, 1.54) is 18.2 Å². The number of nitrogens with two attached hydrogens (primary N) is 1. The smallest absolute Gasteiger partial charge is 0.255 e. The molecule has 3 aliphatic rings. The van der Waals surface area contributed by atoms with Crippen molar-refractivity contribution in [1.29, 1.82) is 0 Å². The topological polar surface area (TPSA) is 183 Å². The van der Waals surface area contributed by atoms with Gasteiger partial charge in [-0.25, -0.2) is 0 Å². The number of aliphatic hydroxyl groups excluding tert-OH is 2. The molecule has 4 atom stereocenters. The van der Waals surface area contributed by atoms with Gasteiger partial charge >= 0.3 is 0 Å². The zero-order valence-corrected chi connectivity index (χ0v) is 20.7. The Morgan fingerprint density at radius 1 is 1.31 bits per heavy atom. The highest BCUT2D eigenvalue weighted by Gasteiger charge is 2.63. The summed E-state index contributed by atoms with van der Waals surface area (Å²) in [6.45, 7) is 0. The van der Waals surface area contributed by atoms with Crippen molar-refractivity contribution in [2.45, 2.75) is 24.5 Å². The predicted molar refractivity (Wildman–Crippen MR) is 126 cm³/mol. The molecule has 4 rings (SSSR count). The van der Waals surface area contributed by atoms with Gasteiger partial charge in [0.1, 0.15) is 30.0 Å². The summed E-state index contributed by atoms with van der Waals surface area (Å²) in [7, 11) is 4.46. The molecule has 12 heteroatoms. The number of phenolic OH excluding ortho intramolecular Hbond substituents is 1. The van der Waals surface area contributed by atoms with Gasteiger partial charge in [-0.05, 0) is 44.5 Å². The predicted octanol–water partition coefficient (Wildman–Crippen LogP) is 0.863. The van der Waals surface area contributed by atoms with Crippen LogP contribution in [0.4, 0.5) is 0 Å². The average Bonchev–Trinajstić information content (AvgIpc) is 2.77. The maximum absolute atomic E-state index is 13.6. The third kappa shape index (κ3) is 3.39. The zero-order valence-electron chi connectivity index (χ0n) is 19.1. The van der Waals surface area contributed by atoms with Crippen molar-refractivity contribution >= 4 is 39.6 Å². The van der Waals surface area contributed by atoms with Crippen LogP contribution >= 0.6 is 15.9 Å². The van der Waals surface area contributed by atoms with E-state index < -0.39 is 63.8 Å². The summed E-state index contributed by atoms with van der Waals surface area (Å²) in [5, 5.41) is 48.0. The minimum Gasteiger partial charge on any atom is -0.510 e. The van der Waals surface area contributed by atoms with Gasteiger partial charge in [-0.3, -0.25) is 19.3 Å². The molecule has 6 N–H and O–H groups in total. The lowest BCUT2D eigenvalue weighted by atomic mass is 9.58. The number of carbonyl (C=O) groups excluding carboxylic acids is 3. The average molecular weight is 550 g/mol. The van der Waals surface area contributed by atoms with Crippen LogP contribution in [0.2, 0.25) is 0 Å². The lowest BCUT2D eigenvalue weighted by Crippen LogP contribution is -2.63. The first-order valence-electron chi connectivity index (χ1n) is 10.6. The number of phenols is 1. The van der Waals surface area contributed by atoms with Crippen molar-refractivity contribution in [2.24, 2.45) is 22.7 Å². The summed E-state index contributed by atoms with van der Waals surface area (Å²) in [4.78, 5) is 45.0. The number of rotatable bonds is 4. The van der Waals surface area contributed by atoms with Gasteiger partial charge in [0, 0.05) is 21.5 Å². The molecule has 0 heterocycles.